The van der Waals surface area contributed by atoms with Gasteiger partial charge in [-0.15, -0.1) is 0 Å². The van der Waals surface area contributed by atoms with Crippen LogP contribution < -0.4 is 5.32 Å². The Bertz CT molecular complexity index is 269. The van der Waals surface area contributed by atoms with E-state index in [2.05, 4.69) is 43.1 Å². The lowest BCUT2D eigenvalue weighted by atomic mass is 9.97. The predicted molar refractivity (Wildman–Crippen MR) is 82.6 cm³/mol. The molecule has 2 saturated heterocycles. The largest absolute Gasteiger partial charge is 0.315 e. The number of hydrogen-bond donors (Lipinski definition) is 1. The fourth-order valence-corrected chi connectivity index (χ4v) is 4.27. The van der Waals surface area contributed by atoms with Gasteiger partial charge in [-0.3, -0.25) is 9.80 Å². The zero-order chi connectivity index (χ0) is 13.8. The summed E-state index contributed by atoms with van der Waals surface area (Å²) in [4.78, 5) is 5.44. The van der Waals surface area contributed by atoms with Gasteiger partial charge >= 0.3 is 0 Å². The normalized spacial score (nSPS) is 32.2. The van der Waals surface area contributed by atoms with Crippen LogP contribution in [0, 0.1) is 0 Å². The van der Waals surface area contributed by atoms with Gasteiger partial charge < -0.3 is 5.32 Å². The van der Waals surface area contributed by atoms with Gasteiger partial charge in [0, 0.05) is 37.3 Å². The minimum absolute atomic E-state index is 0.664. The average molecular weight is 267 g/mol. The standard InChI is InChI=1S/C16H33N3/c1-5-7-15(17-3)16(6-2)19-11-10-13-8-9-14(12-19)18(13)4/h13-17H,5-12H2,1-4H3. The Hall–Kier alpha value is -0.120. The van der Waals surface area contributed by atoms with Crippen molar-refractivity contribution in [2.45, 2.75) is 76.5 Å². The maximum absolute atomic E-state index is 3.57. The lowest BCUT2D eigenvalue weighted by Gasteiger charge is -2.37. The fourth-order valence-electron chi connectivity index (χ4n) is 4.27. The van der Waals surface area contributed by atoms with E-state index in [1.165, 1.54) is 51.6 Å². The van der Waals surface area contributed by atoms with Crippen LogP contribution in [-0.2, 0) is 0 Å². The molecule has 0 aromatic rings. The van der Waals surface area contributed by atoms with Gasteiger partial charge in [-0.05, 0) is 46.2 Å². The topological polar surface area (TPSA) is 18.5 Å². The molecule has 2 heterocycles. The maximum Gasteiger partial charge on any atom is 0.0247 e. The first-order valence-electron chi connectivity index (χ1n) is 8.34. The molecular formula is C16H33N3. The molecule has 2 aliphatic rings. The Morgan fingerprint density at radius 2 is 1.89 bits per heavy atom. The first-order chi connectivity index (χ1) is 9.21. The van der Waals surface area contributed by atoms with Gasteiger partial charge in [-0.25, -0.2) is 0 Å². The molecule has 19 heavy (non-hydrogen) atoms. The first kappa shape index (κ1) is 15.3. The maximum atomic E-state index is 3.57. The number of rotatable bonds is 6. The van der Waals surface area contributed by atoms with Crippen molar-refractivity contribution < 1.29 is 0 Å². The average Bonchev–Trinajstić information content (AvgIpc) is 2.65. The summed E-state index contributed by atoms with van der Waals surface area (Å²) in [5.74, 6) is 0. The number of nitrogens with one attached hydrogen (secondary N) is 1. The van der Waals surface area contributed by atoms with Crippen LogP contribution in [0.25, 0.3) is 0 Å². The molecule has 2 bridgehead atoms. The molecule has 1 N–H and O–H groups in total. The second-order valence-corrected chi connectivity index (χ2v) is 6.49. The van der Waals surface area contributed by atoms with Crippen LogP contribution in [0.2, 0.25) is 0 Å². The van der Waals surface area contributed by atoms with Crippen molar-refractivity contribution in [1.82, 2.24) is 15.1 Å². The molecule has 112 valence electrons. The van der Waals surface area contributed by atoms with E-state index in [-0.39, 0.29) is 0 Å². The molecule has 0 aliphatic carbocycles. The van der Waals surface area contributed by atoms with Crippen molar-refractivity contribution >= 4 is 0 Å². The second kappa shape index (κ2) is 7.05. The van der Waals surface area contributed by atoms with Gasteiger partial charge in [0.1, 0.15) is 0 Å². The predicted octanol–water partition coefficient (Wildman–Crippen LogP) is 2.32. The molecule has 0 amide bonds. The summed E-state index contributed by atoms with van der Waals surface area (Å²) in [6.45, 7) is 7.24. The smallest absolute Gasteiger partial charge is 0.0247 e. The Balaban J connectivity index is 2.02. The number of hydrogen-bond acceptors (Lipinski definition) is 3. The van der Waals surface area contributed by atoms with E-state index in [1.54, 1.807) is 0 Å². The SMILES string of the molecule is CCCC(NC)C(CC)N1CCC2CCC(C1)N2C. The van der Waals surface area contributed by atoms with E-state index in [0.29, 0.717) is 6.04 Å². The summed E-state index contributed by atoms with van der Waals surface area (Å²) in [5, 5.41) is 3.57. The van der Waals surface area contributed by atoms with E-state index in [0.717, 1.165) is 18.1 Å². The minimum atomic E-state index is 0.664. The number of likely N-dealkylation sites (N-methyl/N-ethyl adjacent to an activating group) is 2. The highest BCUT2D eigenvalue weighted by Gasteiger charge is 2.37. The van der Waals surface area contributed by atoms with Crippen LogP contribution >= 0.6 is 0 Å². The van der Waals surface area contributed by atoms with Gasteiger partial charge in [0.25, 0.3) is 0 Å². The van der Waals surface area contributed by atoms with Crippen molar-refractivity contribution in [1.29, 1.82) is 0 Å². The Labute approximate surface area is 119 Å². The van der Waals surface area contributed by atoms with Gasteiger partial charge in [-0.1, -0.05) is 20.3 Å². The third-order valence-corrected chi connectivity index (χ3v) is 5.50. The van der Waals surface area contributed by atoms with Crippen LogP contribution in [0.4, 0.5) is 0 Å². The van der Waals surface area contributed by atoms with E-state index in [1.807, 2.05) is 0 Å². The van der Waals surface area contributed by atoms with E-state index < -0.39 is 0 Å². The van der Waals surface area contributed by atoms with Gasteiger partial charge in [0.15, 0.2) is 0 Å². The lowest BCUT2D eigenvalue weighted by molar-refractivity contribution is 0.134. The molecular weight excluding hydrogens is 234 g/mol. The molecule has 4 atom stereocenters. The van der Waals surface area contributed by atoms with Crippen LogP contribution in [0.5, 0.6) is 0 Å². The van der Waals surface area contributed by atoms with Crippen molar-refractivity contribution in [3.63, 3.8) is 0 Å². The fraction of sp³-hybridized carbons (Fsp3) is 1.00. The highest BCUT2D eigenvalue weighted by molar-refractivity contribution is 4.94. The van der Waals surface area contributed by atoms with E-state index in [4.69, 9.17) is 0 Å². The first-order valence-corrected chi connectivity index (χ1v) is 8.34. The molecule has 2 rings (SSSR count). The molecule has 2 aliphatic heterocycles. The Kier molecular flexibility index (Phi) is 5.67. The van der Waals surface area contributed by atoms with Crippen LogP contribution in [-0.4, -0.2) is 61.2 Å². The van der Waals surface area contributed by atoms with Crippen molar-refractivity contribution in [2.24, 2.45) is 0 Å². The summed E-state index contributed by atoms with van der Waals surface area (Å²) in [7, 11) is 4.48. The molecule has 0 aromatic heterocycles. The van der Waals surface area contributed by atoms with E-state index in [9.17, 15) is 0 Å². The summed E-state index contributed by atoms with van der Waals surface area (Å²) in [6.07, 6.45) is 8.05. The zero-order valence-electron chi connectivity index (χ0n) is 13.4. The molecule has 0 saturated carbocycles. The summed E-state index contributed by atoms with van der Waals surface area (Å²) in [5.41, 5.74) is 0. The third kappa shape index (κ3) is 3.32. The van der Waals surface area contributed by atoms with Crippen molar-refractivity contribution in [3.8, 4) is 0 Å². The summed E-state index contributed by atoms with van der Waals surface area (Å²) in [6, 6.07) is 3.04. The molecule has 4 unspecified atom stereocenters. The number of fused-ring (bicyclic) bond motifs is 2. The summed E-state index contributed by atoms with van der Waals surface area (Å²) >= 11 is 0. The van der Waals surface area contributed by atoms with Gasteiger partial charge in [0.05, 0.1) is 0 Å². The van der Waals surface area contributed by atoms with Crippen molar-refractivity contribution in [3.05, 3.63) is 0 Å². The molecule has 2 fully saturated rings. The van der Waals surface area contributed by atoms with E-state index >= 15 is 0 Å². The third-order valence-electron chi connectivity index (χ3n) is 5.50. The summed E-state index contributed by atoms with van der Waals surface area (Å²) < 4.78 is 0. The van der Waals surface area contributed by atoms with Gasteiger partial charge in [-0.2, -0.15) is 0 Å². The Morgan fingerprint density at radius 3 is 2.53 bits per heavy atom. The zero-order valence-corrected chi connectivity index (χ0v) is 13.4. The molecule has 0 spiro atoms. The van der Waals surface area contributed by atoms with Gasteiger partial charge in [0.2, 0.25) is 0 Å². The minimum Gasteiger partial charge on any atom is -0.315 e. The van der Waals surface area contributed by atoms with Crippen LogP contribution in [0.1, 0.15) is 52.4 Å². The highest BCUT2D eigenvalue weighted by atomic mass is 15.3. The lowest BCUT2D eigenvalue weighted by Crippen LogP contribution is -2.51. The molecule has 0 aromatic carbocycles. The number of likely N-dealkylation sites (tertiary alicyclic amines) is 1. The Morgan fingerprint density at radius 1 is 1.16 bits per heavy atom. The number of nitrogens with zero attached hydrogens (tertiary/aromatic N) is 2. The molecule has 0 radical (unpaired) electrons. The molecule has 3 nitrogen and oxygen atoms in total. The molecule has 3 heteroatoms. The second-order valence-electron chi connectivity index (χ2n) is 6.49. The highest BCUT2D eigenvalue weighted by Crippen LogP contribution is 2.30. The van der Waals surface area contributed by atoms with Crippen LogP contribution in [0.3, 0.4) is 0 Å². The quantitative estimate of drug-likeness (QED) is 0.797. The van der Waals surface area contributed by atoms with Crippen LogP contribution in [0.15, 0.2) is 0 Å². The van der Waals surface area contributed by atoms with Crippen molar-refractivity contribution in [2.75, 3.05) is 27.2 Å². The monoisotopic (exact) mass is 267 g/mol.